The SMILES string of the molecule is CCC[CH2][Sn]([CH2]CCC)([CH2]CCC)[O]C(=O)COc1ccc2ccccc2c1. The molecule has 2 aromatic carbocycles. The number of carbonyl (C=O) groups is 1. The number of carbonyl (C=O) groups excluding carboxylic acids is 1. The molecule has 154 valence electrons. The van der Waals surface area contributed by atoms with Gasteiger partial charge in [0.05, 0.1) is 0 Å². The van der Waals surface area contributed by atoms with Gasteiger partial charge in [0.2, 0.25) is 0 Å². The third-order valence-electron chi connectivity index (χ3n) is 5.37. The molecule has 0 saturated carbocycles. The first-order valence-corrected chi connectivity index (χ1v) is 18.2. The summed E-state index contributed by atoms with van der Waals surface area (Å²) in [6, 6.07) is 14.1. The van der Waals surface area contributed by atoms with E-state index < -0.39 is 18.8 Å². The van der Waals surface area contributed by atoms with Gasteiger partial charge in [-0.2, -0.15) is 0 Å². The van der Waals surface area contributed by atoms with Crippen LogP contribution < -0.4 is 4.74 Å². The Bertz CT molecular complexity index is 707. The van der Waals surface area contributed by atoms with Gasteiger partial charge < -0.3 is 0 Å². The summed E-state index contributed by atoms with van der Waals surface area (Å²) >= 11 is -2.91. The maximum atomic E-state index is 12.7. The van der Waals surface area contributed by atoms with Crippen molar-refractivity contribution in [2.75, 3.05) is 6.61 Å². The van der Waals surface area contributed by atoms with Crippen LogP contribution in [0.1, 0.15) is 59.3 Å². The van der Waals surface area contributed by atoms with Gasteiger partial charge in [0.15, 0.2) is 0 Å². The molecule has 0 spiro atoms. The number of benzene rings is 2. The van der Waals surface area contributed by atoms with E-state index in [2.05, 4.69) is 32.9 Å². The molecule has 28 heavy (non-hydrogen) atoms. The van der Waals surface area contributed by atoms with E-state index >= 15 is 0 Å². The fourth-order valence-corrected chi connectivity index (χ4v) is 16.8. The second-order valence-electron chi connectivity index (χ2n) is 7.77. The molecule has 0 aliphatic carbocycles. The van der Waals surface area contributed by atoms with E-state index in [1.54, 1.807) is 0 Å². The molecule has 0 aliphatic heterocycles. The van der Waals surface area contributed by atoms with E-state index in [4.69, 9.17) is 7.81 Å². The van der Waals surface area contributed by atoms with Crippen molar-refractivity contribution in [2.24, 2.45) is 0 Å². The maximum absolute atomic E-state index is 12.7. The minimum absolute atomic E-state index is 0.0153. The van der Waals surface area contributed by atoms with Gasteiger partial charge in [-0.1, -0.05) is 0 Å². The van der Waals surface area contributed by atoms with E-state index in [-0.39, 0.29) is 12.6 Å². The van der Waals surface area contributed by atoms with Gasteiger partial charge in [0.25, 0.3) is 0 Å². The van der Waals surface area contributed by atoms with Gasteiger partial charge >= 0.3 is 176 Å². The van der Waals surface area contributed by atoms with Crippen molar-refractivity contribution >= 4 is 35.5 Å². The molecule has 0 amide bonds. The zero-order chi connectivity index (χ0) is 20.2. The van der Waals surface area contributed by atoms with Crippen LogP contribution in [-0.2, 0) is 7.87 Å². The van der Waals surface area contributed by atoms with E-state index in [0.717, 1.165) is 24.4 Å². The van der Waals surface area contributed by atoms with E-state index in [9.17, 15) is 4.79 Å². The van der Waals surface area contributed by atoms with Crippen molar-refractivity contribution in [1.29, 1.82) is 0 Å². The van der Waals surface area contributed by atoms with Gasteiger partial charge in [-0.3, -0.25) is 0 Å². The fourth-order valence-electron chi connectivity index (χ4n) is 3.70. The first kappa shape index (κ1) is 23.1. The molecular formula is C24H36O3Sn. The molecule has 0 aromatic heterocycles. The topological polar surface area (TPSA) is 35.5 Å². The number of ether oxygens (including phenoxy) is 1. The number of unbranched alkanes of at least 4 members (excludes halogenated alkanes) is 3. The van der Waals surface area contributed by atoms with Crippen molar-refractivity contribution < 1.29 is 12.6 Å². The summed E-state index contributed by atoms with van der Waals surface area (Å²) in [6.45, 7) is 6.68. The Balaban J connectivity index is 2.01. The molecule has 4 heteroatoms. The number of fused-ring (bicyclic) bond motifs is 1. The average molecular weight is 491 g/mol. The summed E-state index contributed by atoms with van der Waals surface area (Å²) < 4.78 is 15.6. The molecule has 0 heterocycles. The Hall–Kier alpha value is -1.23. The Labute approximate surface area is 175 Å². The van der Waals surface area contributed by atoms with Gasteiger partial charge in [0.1, 0.15) is 0 Å². The van der Waals surface area contributed by atoms with Crippen LogP contribution in [0.25, 0.3) is 10.8 Å². The number of rotatable bonds is 13. The van der Waals surface area contributed by atoms with Crippen LogP contribution in [-0.4, -0.2) is 31.4 Å². The predicted octanol–water partition coefficient (Wildman–Crippen LogP) is 7.11. The molecule has 0 bridgehead atoms. The van der Waals surface area contributed by atoms with Gasteiger partial charge in [-0.05, 0) is 0 Å². The van der Waals surface area contributed by atoms with Crippen molar-refractivity contribution in [3.63, 3.8) is 0 Å². The first-order valence-electron chi connectivity index (χ1n) is 11.0. The molecule has 0 saturated heterocycles. The summed E-state index contributed by atoms with van der Waals surface area (Å²) in [6.07, 6.45) is 7.05. The molecule has 0 aliphatic rings. The molecule has 0 atom stereocenters. The van der Waals surface area contributed by atoms with Crippen molar-refractivity contribution in [3.8, 4) is 5.75 Å². The normalized spacial score (nSPS) is 11.5. The monoisotopic (exact) mass is 492 g/mol. The van der Waals surface area contributed by atoms with Gasteiger partial charge in [0, 0.05) is 0 Å². The summed E-state index contributed by atoms with van der Waals surface area (Å²) in [5, 5.41) is 2.29. The number of hydrogen-bond donors (Lipinski definition) is 0. The Morgan fingerprint density at radius 3 is 1.96 bits per heavy atom. The Morgan fingerprint density at radius 1 is 0.821 bits per heavy atom. The molecule has 0 fully saturated rings. The molecule has 0 unspecified atom stereocenters. The molecule has 2 aromatic rings. The fraction of sp³-hybridized carbons (Fsp3) is 0.542. The van der Waals surface area contributed by atoms with Crippen LogP contribution in [0.2, 0.25) is 13.3 Å². The molecular weight excluding hydrogens is 455 g/mol. The number of hydrogen-bond acceptors (Lipinski definition) is 3. The van der Waals surface area contributed by atoms with Crippen molar-refractivity contribution in [2.45, 2.75) is 72.6 Å². The quantitative estimate of drug-likeness (QED) is 0.280. The van der Waals surface area contributed by atoms with E-state index in [1.807, 2.05) is 30.3 Å². The third kappa shape index (κ3) is 7.30. The summed E-state index contributed by atoms with van der Waals surface area (Å²) in [7, 11) is 0. The Morgan fingerprint density at radius 2 is 1.39 bits per heavy atom. The average Bonchev–Trinajstić information content (AvgIpc) is 2.73. The van der Waals surface area contributed by atoms with Crippen molar-refractivity contribution in [1.82, 2.24) is 0 Å². The molecule has 2 rings (SSSR count). The Kier molecular flexibility index (Phi) is 10.2. The first-order chi connectivity index (χ1) is 13.6. The summed E-state index contributed by atoms with van der Waals surface area (Å²) in [5.74, 6) is 0.569. The van der Waals surface area contributed by atoms with Crippen molar-refractivity contribution in [3.05, 3.63) is 42.5 Å². The van der Waals surface area contributed by atoms with Crippen LogP contribution in [0.3, 0.4) is 0 Å². The zero-order valence-corrected chi connectivity index (χ0v) is 20.7. The second kappa shape index (κ2) is 12.4. The molecule has 3 nitrogen and oxygen atoms in total. The van der Waals surface area contributed by atoms with Crippen LogP contribution in [0.4, 0.5) is 0 Å². The summed E-state index contributed by atoms with van der Waals surface area (Å²) in [5.41, 5.74) is 0. The van der Waals surface area contributed by atoms with Crippen LogP contribution in [0, 0.1) is 0 Å². The standard InChI is InChI=1S/C12H10O3.3C4H9.Sn/c13-12(14)8-15-11-6-5-9-3-1-2-4-10(9)7-11;3*1-3-4-2;/h1-7H,8H2,(H,13,14);3*1,3-4H2,2H3;/q;;;;+1/p-1. The van der Waals surface area contributed by atoms with E-state index in [0.29, 0.717) is 0 Å². The predicted molar refractivity (Wildman–Crippen MR) is 120 cm³/mol. The van der Waals surface area contributed by atoms with Crippen LogP contribution >= 0.6 is 0 Å². The van der Waals surface area contributed by atoms with Gasteiger partial charge in [-0.15, -0.1) is 0 Å². The minimum atomic E-state index is -2.91. The second-order valence-corrected chi connectivity index (χ2v) is 19.4. The van der Waals surface area contributed by atoms with Crippen LogP contribution in [0.5, 0.6) is 5.75 Å². The van der Waals surface area contributed by atoms with E-state index in [1.165, 1.54) is 43.9 Å². The zero-order valence-electron chi connectivity index (χ0n) is 17.8. The molecule has 0 N–H and O–H groups in total. The summed E-state index contributed by atoms with van der Waals surface area (Å²) in [4.78, 5) is 12.7. The van der Waals surface area contributed by atoms with Crippen LogP contribution in [0.15, 0.2) is 42.5 Å². The van der Waals surface area contributed by atoms with Gasteiger partial charge in [-0.25, -0.2) is 0 Å². The third-order valence-corrected chi connectivity index (χ3v) is 18.1. The molecule has 0 radical (unpaired) electrons.